The Labute approximate surface area is 145 Å². The molecule has 3 aromatic rings. The Hall–Kier alpha value is -2.87. The van der Waals surface area contributed by atoms with E-state index < -0.39 is 0 Å². The van der Waals surface area contributed by atoms with Crippen LogP contribution in [0.25, 0.3) is 11.2 Å². The fourth-order valence-electron chi connectivity index (χ4n) is 2.73. The first-order chi connectivity index (χ1) is 12.1. The van der Waals surface area contributed by atoms with Gasteiger partial charge in [0.1, 0.15) is 0 Å². The molecule has 1 atom stereocenters. The van der Waals surface area contributed by atoms with E-state index in [2.05, 4.69) is 15.0 Å². The van der Waals surface area contributed by atoms with Crippen LogP contribution >= 0.6 is 0 Å². The van der Waals surface area contributed by atoms with E-state index in [9.17, 15) is 0 Å². The van der Waals surface area contributed by atoms with Crippen LogP contribution in [-0.4, -0.2) is 40.8 Å². The molecule has 1 unspecified atom stereocenters. The molecule has 2 heterocycles. The summed E-state index contributed by atoms with van der Waals surface area (Å²) in [4.78, 5) is 19.0. The predicted octanol–water partition coefficient (Wildman–Crippen LogP) is 2.51. The third-order valence-corrected chi connectivity index (χ3v) is 4.04. The van der Waals surface area contributed by atoms with Crippen LogP contribution in [0.1, 0.15) is 18.5 Å². The van der Waals surface area contributed by atoms with Gasteiger partial charge in [0.15, 0.2) is 17.0 Å². The van der Waals surface area contributed by atoms with E-state index >= 15 is 0 Å². The highest BCUT2D eigenvalue weighted by Gasteiger charge is 2.25. The Bertz CT molecular complexity index is 866. The molecule has 2 aromatic heterocycles. The van der Waals surface area contributed by atoms with E-state index in [0.29, 0.717) is 23.0 Å². The number of hydrogen-bond donors (Lipinski definition) is 0. The molecule has 3 rings (SSSR count). The van der Waals surface area contributed by atoms with Crippen LogP contribution in [0.5, 0.6) is 12.0 Å². The van der Waals surface area contributed by atoms with Gasteiger partial charge in [-0.3, -0.25) is 9.40 Å². The minimum Gasteiger partial charge on any atom is -0.468 e. The number of methoxy groups -OCH3 is 2. The topological polar surface area (TPSA) is 74.5 Å². The van der Waals surface area contributed by atoms with Crippen molar-refractivity contribution in [3.8, 4) is 12.0 Å². The second kappa shape index (κ2) is 6.94. The van der Waals surface area contributed by atoms with Gasteiger partial charge in [-0.25, -0.2) is 5.06 Å². The average Bonchev–Trinajstić information content (AvgIpc) is 2.99. The first-order valence-electron chi connectivity index (χ1n) is 7.81. The summed E-state index contributed by atoms with van der Waals surface area (Å²) in [7, 11) is 6.50. The Morgan fingerprint density at radius 2 is 1.72 bits per heavy atom. The molecule has 0 N–H and O–H groups in total. The highest BCUT2D eigenvalue weighted by molar-refractivity contribution is 5.84. The molecule has 0 bridgehead atoms. The van der Waals surface area contributed by atoms with Crippen molar-refractivity contribution in [1.29, 1.82) is 0 Å². The summed E-state index contributed by atoms with van der Waals surface area (Å²) in [5, 5.41) is 1.69. The molecule has 1 aromatic carbocycles. The number of nitrogens with zero attached hydrogens (tertiary/aromatic N) is 5. The smallest absolute Gasteiger partial charge is 0.320 e. The zero-order chi connectivity index (χ0) is 18.0. The van der Waals surface area contributed by atoms with Gasteiger partial charge in [0.05, 0.1) is 27.4 Å². The van der Waals surface area contributed by atoms with Gasteiger partial charge in [0, 0.05) is 7.05 Å². The molecule has 0 radical (unpaired) electrons. The van der Waals surface area contributed by atoms with Crippen LogP contribution in [-0.2, 0) is 11.9 Å². The van der Waals surface area contributed by atoms with E-state index in [1.165, 1.54) is 7.11 Å². The monoisotopic (exact) mass is 343 g/mol. The number of imidazole rings is 1. The van der Waals surface area contributed by atoms with E-state index in [-0.39, 0.29) is 12.1 Å². The number of aromatic nitrogens is 4. The minimum atomic E-state index is -0.0954. The van der Waals surface area contributed by atoms with Gasteiger partial charge >= 0.3 is 6.01 Å². The van der Waals surface area contributed by atoms with Crippen molar-refractivity contribution in [2.24, 2.45) is 7.05 Å². The van der Waals surface area contributed by atoms with E-state index in [1.54, 1.807) is 23.8 Å². The summed E-state index contributed by atoms with van der Waals surface area (Å²) >= 11 is 0. The quantitative estimate of drug-likeness (QED) is 0.637. The molecule has 25 heavy (non-hydrogen) atoms. The van der Waals surface area contributed by atoms with Gasteiger partial charge in [-0.05, 0) is 12.5 Å². The van der Waals surface area contributed by atoms with Gasteiger partial charge in [-0.15, -0.1) is 0 Å². The van der Waals surface area contributed by atoms with Gasteiger partial charge in [-0.1, -0.05) is 30.3 Å². The lowest BCUT2D eigenvalue weighted by atomic mass is 10.1. The number of rotatable bonds is 6. The van der Waals surface area contributed by atoms with Gasteiger partial charge in [0.25, 0.3) is 6.01 Å². The van der Waals surface area contributed by atoms with Gasteiger partial charge in [-0.2, -0.15) is 15.0 Å². The first kappa shape index (κ1) is 17.0. The summed E-state index contributed by atoms with van der Waals surface area (Å²) in [6, 6.07) is 10.6. The molecule has 0 amide bonds. The lowest BCUT2D eigenvalue weighted by Gasteiger charge is -2.27. The molecule has 8 nitrogen and oxygen atoms in total. The van der Waals surface area contributed by atoms with Crippen molar-refractivity contribution in [2.75, 3.05) is 26.4 Å². The number of benzene rings is 1. The molecular formula is C17H21N5O3. The highest BCUT2D eigenvalue weighted by Crippen LogP contribution is 2.33. The maximum absolute atomic E-state index is 5.64. The third-order valence-electron chi connectivity index (χ3n) is 4.04. The SMILES string of the molecule is COc1nc(N(OC)C(C)c2ccccc2)c2nc(OC)n(C)c2n1. The number of hydrogen-bond acceptors (Lipinski definition) is 7. The van der Waals surface area contributed by atoms with Crippen molar-refractivity contribution < 1.29 is 14.3 Å². The standard InChI is InChI=1S/C17H21N5O3/c1-11(12-9-7-6-8-10-12)22(25-5)15-13-14(19-16(20-15)23-3)21(2)17(18-13)24-4/h6-11H,1-5H3. The molecule has 0 aliphatic rings. The van der Waals surface area contributed by atoms with E-state index in [0.717, 1.165) is 5.56 Å². The Kier molecular flexibility index (Phi) is 4.71. The first-order valence-corrected chi connectivity index (χ1v) is 7.81. The fourth-order valence-corrected chi connectivity index (χ4v) is 2.73. The molecule has 0 saturated carbocycles. The maximum Gasteiger partial charge on any atom is 0.320 e. The number of aryl methyl sites for hydroxylation is 1. The van der Waals surface area contributed by atoms with E-state index in [4.69, 9.17) is 14.3 Å². The lowest BCUT2D eigenvalue weighted by molar-refractivity contribution is 0.142. The zero-order valence-electron chi connectivity index (χ0n) is 14.9. The molecule has 0 aliphatic heterocycles. The second-order valence-corrected chi connectivity index (χ2v) is 5.46. The third kappa shape index (κ3) is 2.96. The predicted molar refractivity (Wildman–Crippen MR) is 93.8 cm³/mol. The van der Waals surface area contributed by atoms with Crippen LogP contribution in [0.3, 0.4) is 0 Å². The summed E-state index contributed by atoms with van der Waals surface area (Å²) in [6.07, 6.45) is 0. The molecule has 8 heteroatoms. The normalized spacial score (nSPS) is 12.2. The van der Waals surface area contributed by atoms with Crippen molar-refractivity contribution >= 4 is 17.0 Å². The summed E-state index contributed by atoms with van der Waals surface area (Å²) in [6.45, 7) is 2.03. The fraction of sp³-hybridized carbons (Fsp3) is 0.353. The molecule has 0 spiro atoms. The van der Waals surface area contributed by atoms with Gasteiger partial charge < -0.3 is 9.47 Å². The van der Waals surface area contributed by atoms with Crippen LogP contribution in [0.4, 0.5) is 5.82 Å². The lowest BCUT2D eigenvalue weighted by Crippen LogP contribution is -2.27. The van der Waals surface area contributed by atoms with Crippen LogP contribution < -0.4 is 14.5 Å². The highest BCUT2D eigenvalue weighted by atomic mass is 16.7. The Morgan fingerprint density at radius 1 is 1.00 bits per heavy atom. The van der Waals surface area contributed by atoms with Crippen molar-refractivity contribution in [1.82, 2.24) is 19.5 Å². The molecule has 0 fully saturated rings. The van der Waals surface area contributed by atoms with Crippen LogP contribution in [0.2, 0.25) is 0 Å². The molecule has 0 aliphatic carbocycles. The molecule has 0 saturated heterocycles. The van der Waals surface area contributed by atoms with Crippen molar-refractivity contribution in [2.45, 2.75) is 13.0 Å². The van der Waals surface area contributed by atoms with E-state index in [1.807, 2.05) is 44.3 Å². The second-order valence-electron chi connectivity index (χ2n) is 5.46. The number of hydroxylamine groups is 1. The van der Waals surface area contributed by atoms with Crippen molar-refractivity contribution in [3.63, 3.8) is 0 Å². The summed E-state index contributed by atoms with van der Waals surface area (Å²) < 4.78 is 12.3. The van der Waals surface area contributed by atoms with Crippen LogP contribution in [0, 0.1) is 0 Å². The Balaban J connectivity index is 2.17. The van der Waals surface area contributed by atoms with Gasteiger partial charge in [0.2, 0.25) is 0 Å². The summed E-state index contributed by atoms with van der Waals surface area (Å²) in [5.41, 5.74) is 2.25. The summed E-state index contributed by atoms with van der Waals surface area (Å²) in [5.74, 6) is 0.514. The zero-order valence-corrected chi connectivity index (χ0v) is 14.9. The number of fused-ring (bicyclic) bond motifs is 1. The number of ether oxygens (including phenoxy) is 2. The maximum atomic E-state index is 5.64. The largest absolute Gasteiger partial charge is 0.468 e. The molecule has 132 valence electrons. The molecular weight excluding hydrogens is 322 g/mol. The number of anilines is 1. The van der Waals surface area contributed by atoms with Crippen LogP contribution in [0.15, 0.2) is 30.3 Å². The Morgan fingerprint density at radius 3 is 2.32 bits per heavy atom. The minimum absolute atomic E-state index is 0.0954. The van der Waals surface area contributed by atoms with Crippen molar-refractivity contribution in [3.05, 3.63) is 35.9 Å². The average molecular weight is 343 g/mol.